The van der Waals surface area contributed by atoms with Crippen LogP contribution in [0.4, 0.5) is 5.69 Å². The summed E-state index contributed by atoms with van der Waals surface area (Å²) in [5, 5.41) is 16.2. The van der Waals surface area contributed by atoms with Crippen molar-refractivity contribution in [1.29, 1.82) is 0 Å². The molecule has 0 spiro atoms. The van der Waals surface area contributed by atoms with Crippen LogP contribution in [-0.2, 0) is 0 Å². The molecular weight excluding hydrogens is 222 g/mol. The highest BCUT2D eigenvalue weighted by Gasteiger charge is 2.13. The number of carbonyl (C=O) groups excluding carboxylic acids is 1. The third-order valence-electron chi connectivity index (χ3n) is 2.34. The molecule has 2 N–H and O–H groups in total. The smallest absolute Gasteiger partial charge is 0.270 e. The van der Waals surface area contributed by atoms with Crippen LogP contribution in [0.15, 0.2) is 18.2 Å². The quantitative estimate of drug-likeness (QED) is 0.452. The fourth-order valence-electron chi connectivity index (χ4n) is 1.36. The van der Waals surface area contributed by atoms with Crippen LogP contribution >= 0.6 is 0 Å². The van der Waals surface area contributed by atoms with Crippen molar-refractivity contribution in [3.63, 3.8) is 0 Å². The SMILES string of the molecule is CNCCNC(=O)c1cc([N+](=O)[O-])ccc1C. The van der Waals surface area contributed by atoms with E-state index in [1.165, 1.54) is 12.1 Å². The number of likely N-dealkylation sites (N-methyl/N-ethyl adjacent to an activating group) is 1. The van der Waals surface area contributed by atoms with Gasteiger partial charge in [0.2, 0.25) is 0 Å². The van der Waals surface area contributed by atoms with E-state index in [1.807, 2.05) is 0 Å². The number of nitrogens with zero attached hydrogens (tertiary/aromatic N) is 1. The van der Waals surface area contributed by atoms with Crippen LogP contribution in [-0.4, -0.2) is 31.0 Å². The van der Waals surface area contributed by atoms with Gasteiger partial charge in [-0.15, -0.1) is 0 Å². The Morgan fingerprint density at radius 1 is 1.41 bits per heavy atom. The minimum absolute atomic E-state index is 0.0747. The predicted molar refractivity (Wildman–Crippen MR) is 64.1 cm³/mol. The second-order valence-electron chi connectivity index (χ2n) is 3.62. The van der Waals surface area contributed by atoms with E-state index < -0.39 is 4.92 Å². The molecule has 0 aliphatic carbocycles. The Kier molecular flexibility index (Phi) is 4.59. The predicted octanol–water partition coefficient (Wildman–Crippen LogP) is 0.852. The fraction of sp³-hybridized carbons (Fsp3) is 0.364. The number of nitro benzene ring substituents is 1. The number of nitrogens with one attached hydrogen (secondary N) is 2. The first kappa shape index (κ1) is 13.1. The molecule has 0 aromatic heterocycles. The first-order chi connectivity index (χ1) is 8.06. The van der Waals surface area contributed by atoms with E-state index in [1.54, 1.807) is 20.0 Å². The molecule has 0 bridgehead atoms. The number of aryl methyl sites for hydroxylation is 1. The Morgan fingerprint density at radius 2 is 2.12 bits per heavy atom. The van der Waals surface area contributed by atoms with Crippen LogP contribution in [0, 0.1) is 17.0 Å². The molecule has 0 saturated carbocycles. The summed E-state index contributed by atoms with van der Waals surface area (Å²) in [6.07, 6.45) is 0. The number of hydrogen-bond acceptors (Lipinski definition) is 4. The summed E-state index contributed by atoms with van der Waals surface area (Å²) in [4.78, 5) is 21.9. The largest absolute Gasteiger partial charge is 0.351 e. The first-order valence-corrected chi connectivity index (χ1v) is 5.24. The second-order valence-corrected chi connectivity index (χ2v) is 3.62. The van der Waals surface area contributed by atoms with Crippen molar-refractivity contribution in [2.75, 3.05) is 20.1 Å². The lowest BCUT2D eigenvalue weighted by Gasteiger charge is -2.07. The van der Waals surface area contributed by atoms with Gasteiger partial charge >= 0.3 is 0 Å². The number of carbonyl (C=O) groups is 1. The molecule has 1 aromatic rings. The molecule has 1 rings (SSSR count). The molecule has 0 saturated heterocycles. The second kappa shape index (κ2) is 5.95. The maximum atomic E-state index is 11.8. The zero-order valence-corrected chi connectivity index (χ0v) is 9.82. The molecule has 92 valence electrons. The first-order valence-electron chi connectivity index (χ1n) is 5.24. The molecule has 1 amide bonds. The summed E-state index contributed by atoms with van der Waals surface area (Å²) < 4.78 is 0. The van der Waals surface area contributed by atoms with E-state index in [9.17, 15) is 14.9 Å². The topological polar surface area (TPSA) is 84.3 Å². The molecule has 17 heavy (non-hydrogen) atoms. The maximum Gasteiger partial charge on any atom is 0.270 e. The van der Waals surface area contributed by atoms with Gasteiger partial charge in [0.1, 0.15) is 0 Å². The van der Waals surface area contributed by atoms with Gasteiger partial charge in [0.05, 0.1) is 4.92 Å². The van der Waals surface area contributed by atoms with Crippen molar-refractivity contribution in [3.05, 3.63) is 39.4 Å². The summed E-state index contributed by atoms with van der Waals surface area (Å²) in [6, 6.07) is 4.26. The van der Waals surface area contributed by atoms with Gasteiger partial charge in [0.15, 0.2) is 0 Å². The zero-order valence-electron chi connectivity index (χ0n) is 9.82. The third kappa shape index (κ3) is 3.53. The lowest BCUT2D eigenvalue weighted by atomic mass is 10.1. The van der Waals surface area contributed by atoms with Gasteiger partial charge in [-0.05, 0) is 19.5 Å². The van der Waals surface area contributed by atoms with Gasteiger partial charge in [-0.1, -0.05) is 6.07 Å². The van der Waals surface area contributed by atoms with Gasteiger partial charge in [-0.2, -0.15) is 0 Å². The van der Waals surface area contributed by atoms with Crippen LogP contribution in [0.5, 0.6) is 0 Å². The standard InChI is InChI=1S/C11H15N3O3/c1-8-3-4-9(14(16)17)7-10(8)11(15)13-6-5-12-2/h3-4,7,12H,5-6H2,1-2H3,(H,13,15). The van der Waals surface area contributed by atoms with Crippen LogP contribution in [0.25, 0.3) is 0 Å². The van der Waals surface area contributed by atoms with Crippen molar-refractivity contribution in [2.45, 2.75) is 6.92 Å². The van der Waals surface area contributed by atoms with E-state index in [0.29, 0.717) is 18.7 Å². The molecule has 0 atom stereocenters. The van der Waals surface area contributed by atoms with Crippen LogP contribution < -0.4 is 10.6 Å². The van der Waals surface area contributed by atoms with E-state index >= 15 is 0 Å². The van der Waals surface area contributed by atoms with Crippen molar-refractivity contribution >= 4 is 11.6 Å². The van der Waals surface area contributed by atoms with Crippen molar-refractivity contribution in [1.82, 2.24) is 10.6 Å². The molecule has 6 nitrogen and oxygen atoms in total. The monoisotopic (exact) mass is 237 g/mol. The Bertz CT molecular complexity index is 432. The summed E-state index contributed by atoms with van der Waals surface area (Å²) in [6.45, 7) is 2.88. The van der Waals surface area contributed by atoms with E-state index in [2.05, 4.69) is 10.6 Å². The molecule has 6 heteroatoms. The minimum atomic E-state index is -0.510. The van der Waals surface area contributed by atoms with Crippen molar-refractivity contribution in [2.24, 2.45) is 0 Å². The highest BCUT2D eigenvalue weighted by atomic mass is 16.6. The normalized spacial score (nSPS) is 10.0. The number of rotatable bonds is 5. The van der Waals surface area contributed by atoms with Gasteiger partial charge in [0, 0.05) is 30.8 Å². The highest BCUT2D eigenvalue weighted by molar-refractivity contribution is 5.96. The van der Waals surface area contributed by atoms with E-state index in [4.69, 9.17) is 0 Å². The Hall–Kier alpha value is -1.95. The molecule has 0 aliphatic heterocycles. The lowest BCUT2D eigenvalue weighted by Crippen LogP contribution is -2.30. The molecule has 0 unspecified atom stereocenters. The highest BCUT2D eigenvalue weighted by Crippen LogP contribution is 2.17. The molecule has 0 heterocycles. The van der Waals surface area contributed by atoms with Crippen LogP contribution in [0.1, 0.15) is 15.9 Å². The molecule has 1 aromatic carbocycles. The number of nitro groups is 1. The summed E-state index contributed by atoms with van der Waals surface area (Å²) in [7, 11) is 1.78. The molecule has 0 fully saturated rings. The maximum absolute atomic E-state index is 11.8. The van der Waals surface area contributed by atoms with E-state index in [-0.39, 0.29) is 11.6 Å². The fourth-order valence-corrected chi connectivity index (χ4v) is 1.36. The Labute approximate surface area is 99.2 Å². The van der Waals surface area contributed by atoms with Crippen LogP contribution in [0.2, 0.25) is 0 Å². The third-order valence-corrected chi connectivity index (χ3v) is 2.34. The van der Waals surface area contributed by atoms with Crippen LogP contribution in [0.3, 0.4) is 0 Å². The minimum Gasteiger partial charge on any atom is -0.351 e. The zero-order chi connectivity index (χ0) is 12.8. The van der Waals surface area contributed by atoms with Gasteiger partial charge in [0.25, 0.3) is 11.6 Å². The van der Waals surface area contributed by atoms with Gasteiger partial charge < -0.3 is 10.6 Å². The average molecular weight is 237 g/mol. The lowest BCUT2D eigenvalue weighted by molar-refractivity contribution is -0.384. The molecule has 0 aliphatic rings. The Morgan fingerprint density at radius 3 is 2.71 bits per heavy atom. The Balaban J connectivity index is 2.84. The van der Waals surface area contributed by atoms with Crippen molar-refractivity contribution < 1.29 is 9.72 Å². The van der Waals surface area contributed by atoms with Gasteiger partial charge in [-0.25, -0.2) is 0 Å². The van der Waals surface area contributed by atoms with Crippen molar-refractivity contribution in [3.8, 4) is 0 Å². The van der Waals surface area contributed by atoms with E-state index in [0.717, 1.165) is 5.56 Å². The average Bonchev–Trinajstić information content (AvgIpc) is 2.29. The summed E-state index contributed by atoms with van der Waals surface area (Å²) in [5.74, 6) is -0.290. The number of benzene rings is 1. The number of hydrogen-bond donors (Lipinski definition) is 2. The summed E-state index contributed by atoms with van der Waals surface area (Å²) >= 11 is 0. The van der Waals surface area contributed by atoms with Gasteiger partial charge in [-0.3, -0.25) is 14.9 Å². The summed E-state index contributed by atoms with van der Waals surface area (Å²) in [5.41, 5.74) is 0.988. The number of amides is 1. The molecule has 0 radical (unpaired) electrons. The molecular formula is C11H15N3O3. The number of non-ortho nitro benzene ring substituents is 1.